The largest absolute Gasteiger partial charge is 0.372 e. The minimum absolute atomic E-state index is 0.583. The van der Waals surface area contributed by atoms with Crippen LogP contribution in [-0.2, 0) is 0 Å². The molecular formula is C18H25N5. The van der Waals surface area contributed by atoms with E-state index in [4.69, 9.17) is 0 Å². The van der Waals surface area contributed by atoms with Crippen molar-refractivity contribution in [2.45, 2.75) is 26.7 Å². The van der Waals surface area contributed by atoms with Gasteiger partial charge in [0.1, 0.15) is 5.82 Å². The van der Waals surface area contributed by atoms with Gasteiger partial charge in [0, 0.05) is 37.2 Å². The highest BCUT2D eigenvalue weighted by molar-refractivity contribution is 5.60. The van der Waals surface area contributed by atoms with Crippen molar-refractivity contribution in [1.82, 2.24) is 9.97 Å². The van der Waals surface area contributed by atoms with Crippen LogP contribution in [0.5, 0.6) is 0 Å². The Morgan fingerprint density at radius 1 is 1.09 bits per heavy atom. The van der Waals surface area contributed by atoms with Gasteiger partial charge in [-0.25, -0.2) is 4.98 Å². The van der Waals surface area contributed by atoms with Gasteiger partial charge in [0.15, 0.2) is 0 Å². The summed E-state index contributed by atoms with van der Waals surface area (Å²) in [5.74, 6) is 2.05. The van der Waals surface area contributed by atoms with E-state index in [0.717, 1.165) is 18.1 Å². The Bertz CT molecular complexity index is 618. The number of nitrogens with zero attached hydrogens (tertiary/aromatic N) is 3. The molecule has 5 nitrogen and oxygen atoms in total. The predicted octanol–water partition coefficient (Wildman–Crippen LogP) is 3.89. The molecule has 2 N–H and O–H groups in total. The number of hydrogen-bond acceptors (Lipinski definition) is 5. The molecule has 0 bridgehead atoms. The zero-order valence-corrected chi connectivity index (χ0v) is 13.9. The van der Waals surface area contributed by atoms with Crippen molar-refractivity contribution in [3.05, 3.63) is 36.5 Å². The first-order valence-electron chi connectivity index (χ1n) is 8.39. The molecule has 0 unspecified atom stereocenters. The summed E-state index contributed by atoms with van der Waals surface area (Å²) in [5.41, 5.74) is 2.30. The summed E-state index contributed by atoms with van der Waals surface area (Å²) in [6, 6.07) is 10.4. The molecule has 0 saturated carbocycles. The minimum atomic E-state index is 0.583. The second-order valence-corrected chi connectivity index (χ2v) is 6.41. The van der Waals surface area contributed by atoms with Gasteiger partial charge in [-0.3, -0.25) is 0 Å². The lowest BCUT2D eigenvalue weighted by atomic mass is 10.2. The van der Waals surface area contributed by atoms with Gasteiger partial charge in [-0.2, -0.15) is 4.98 Å². The SMILES string of the molecule is CC(C)CNc1ccnc(Nc2ccc(N3CCCC3)cc2)n1. The standard InChI is InChI=1S/C18H25N5/c1-14(2)13-20-17-9-10-19-18(22-17)21-15-5-7-16(8-6-15)23-11-3-4-12-23/h5-10,14H,3-4,11-13H2,1-2H3,(H2,19,20,21,22). The van der Waals surface area contributed by atoms with E-state index in [1.807, 2.05) is 6.07 Å². The summed E-state index contributed by atoms with van der Waals surface area (Å²) in [5, 5.41) is 6.59. The topological polar surface area (TPSA) is 53.1 Å². The van der Waals surface area contributed by atoms with Gasteiger partial charge in [-0.15, -0.1) is 0 Å². The normalized spacial score (nSPS) is 14.3. The third-order valence-corrected chi connectivity index (χ3v) is 3.94. The van der Waals surface area contributed by atoms with Crippen molar-refractivity contribution in [3.63, 3.8) is 0 Å². The van der Waals surface area contributed by atoms with Crippen LogP contribution in [0.15, 0.2) is 36.5 Å². The summed E-state index contributed by atoms with van der Waals surface area (Å²) < 4.78 is 0. The van der Waals surface area contributed by atoms with Gasteiger partial charge in [0.25, 0.3) is 0 Å². The molecule has 1 aromatic carbocycles. The van der Waals surface area contributed by atoms with Crippen LogP contribution in [0.1, 0.15) is 26.7 Å². The number of anilines is 4. The summed E-state index contributed by atoms with van der Waals surface area (Å²) in [7, 11) is 0. The van der Waals surface area contributed by atoms with E-state index in [-0.39, 0.29) is 0 Å². The fourth-order valence-electron chi connectivity index (χ4n) is 2.69. The van der Waals surface area contributed by atoms with Gasteiger partial charge in [-0.1, -0.05) is 13.8 Å². The smallest absolute Gasteiger partial charge is 0.229 e. The molecular weight excluding hydrogens is 286 g/mol. The average Bonchev–Trinajstić information content (AvgIpc) is 3.08. The van der Waals surface area contributed by atoms with Crippen LogP contribution in [-0.4, -0.2) is 29.6 Å². The van der Waals surface area contributed by atoms with E-state index in [1.165, 1.54) is 31.6 Å². The summed E-state index contributed by atoms with van der Waals surface area (Å²) >= 11 is 0. The van der Waals surface area contributed by atoms with Crippen molar-refractivity contribution >= 4 is 23.1 Å². The number of hydrogen-bond donors (Lipinski definition) is 2. The highest BCUT2D eigenvalue weighted by atomic mass is 15.2. The Kier molecular flexibility index (Phi) is 4.95. The number of aromatic nitrogens is 2. The lowest BCUT2D eigenvalue weighted by Crippen LogP contribution is -2.17. The second kappa shape index (κ2) is 7.31. The molecule has 122 valence electrons. The predicted molar refractivity (Wildman–Crippen MR) is 96.5 cm³/mol. The third-order valence-electron chi connectivity index (χ3n) is 3.94. The maximum Gasteiger partial charge on any atom is 0.229 e. The Balaban J connectivity index is 1.63. The average molecular weight is 311 g/mol. The molecule has 2 heterocycles. The molecule has 0 atom stereocenters. The second-order valence-electron chi connectivity index (χ2n) is 6.41. The fourth-order valence-corrected chi connectivity index (χ4v) is 2.69. The fraction of sp³-hybridized carbons (Fsp3) is 0.444. The molecule has 1 aromatic heterocycles. The number of benzene rings is 1. The molecule has 3 rings (SSSR count). The monoisotopic (exact) mass is 311 g/mol. The quantitative estimate of drug-likeness (QED) is 0.847. The number of nitrogens with one attached hydrogen (secondary N) is 2. The van der Waals surface area contributed by atoms with Gasteiger partial charge in [-0.05, 0) is 49.1 Å². The molecule has 5 heteroatoms. The van der Waals surface area contributed by atoms with E-state index in [2.05, 4.69) is 63.6 Å². The van der Waals surface area contributed by atoms with Crippen LogP contribution in [0, 0.1) is 5.92 Å². The van der Waals surface area contributed by atoms with Crippen molar-refractivity contribution in [3.8, 4) is 0 Å². The molecule has 0 radical (unpaired) electrons. The number of rotatable bonds is 6. The zero-order valence-electron chi connectivity index (χ0n) is 13.9. The van der Waals surface area contributed by atoms with E-state index >= 15 is 0 Å². The van der Waals surface area contributed by atoms with Crippen LogP contribution in [0.4, 0.5) is 23.1 Å². The van der Waals surface area contributed by atoms with Crippen molar-refractivity contribution in [2.24, 2.45) is 5.92 Å². The van der Waals surface area contributed by atoms with E-state index < -0.39 is 0 Å². The minimum Gasteiger partial charge on any atom is -0.372 e. The summed E-state index contributed by atoms with van der Waals surface area (Å²) in [4.78, 5) is 11.2. The lowest BCUT2D eigenvalue weighted by Gasteiger charge is -2.17. The maximum atomic E-state index is 4.50. The van der Waals surface area contributed by atoms with Crippen molar-refractivity contribution < 1.29 is 0 Å². The Labute approximate surface area is 138 Å². The summed E-state index contributed by atoms with van der Waals surface area (Å²) in [6.45, 7) is 7.59. The molecule has 1 fully saturated rings. The van der Waals surface area contributed by atoms with Crippen molar-refractivity contribution in [1.29, 1.82) is 0 Å². The van der Waals surface area contributed by atoms with E-state index in [9.17, 15) is 0 Å². The highest BCUT2D eigenvalue weighted by Gasteiger charge is 2.11. The van der Waals surface area contributed by atoms with Gasteiger partial charge < -0.3 is 15.5 Å². The zero-order chi connectivity index (χ0) is 16.1. The first kappa shape index (κ1) is 15.6. The van der Waals surface area contributed by atoms with Gasteiger partial charge >= 0.3 is 0 Å². The third kappa shape index (κ3) is 4.34. The first-order chi connectivity index (χ1) is 11.2. The van der Waals surface area contributed by atoms with Crippen LogP contribution in [0.25, 0.3) is 0 Å². The van der Waals surface area contributed by atoms with E-state index in [1.54, 1.807) is 6.20 Å². The van der Waals surface area contributed by atoms with E-state index in [0.29, 0.717) is 11.9 Å². The Morgan fingerprint density at radius 2 is 1.83 bits per heavy atom. The van der Waals surface area contributed by atoms with Crippen LogP contribution < -0.4 is 15.5 Å². The summed E-state index contributed by atoms with van der Waals surface area (Å²) in [6.07, 6.45) is 4.37. The molecule has 1 saturated heterocycles. The van der Waals surface area contributed by atoms with Gasteiger partial charge in [0.2, 0.25) is 5.95 Å². The first-order valence-corrected chi connectivity index (χ1v) is 8.39. The maximum absolute atomic E-state index is 4.50. The van der Waals surface area contributed by atoms with Gasteiger partial charge in [0.05, 0.1) is 0 Å². The molecule has 0 spiro atoms. The molecule has 0 amide bonds. The molecule has 0 aliphatic carbocycles. The highest BCUT2D eigenvalue weighted by Crippen LogP contribution is 2.23. The van der Waals surface area contributed by atoms with Crippen LogP contribution in [0.3, 0.4) is 0 Å². The molecule has 23 heavy (non-hydrogen) atoms. The van der Waals surface area contributed by atoms with Crippen LogP contribution in [0.2, 0.25) is 0 Å². The Hall–Kier alpha value is -2.30. The lowest BCUT2D eigenvalue weighted by molar-refractivity contribution is 0.687. The molecule has 1 aliphatic rings. The Morgan fingerprint density at radius 3 is 2.52 bits per heavy atom. The van der Waals surface area contributed by atoms with Crippen LogP contribution >= 0.6 is 0 Å². The molecule has 2 aromatic rings. The van der Waals surface area contributed by atoms with Crippen molar-refractivity contribution in [2.75, 3.05) is 35.2 Å². The molecule has 1 aliphatic heterocycles.